The smallest absolute Gasteiger partial charge is 0.267 e. The van der Waals surface area contributed by atoms with Gasteiger partial charge in [-0.15, -0.1) is 0 Å². The number of fused-ring (bicyclic) bond motifs is 4. The molecule has 10 heteroatoms. The SMILES string of the molecule is COc1cc2c(cc1OCCCC(=O)Nc1ccc(-c3cc(C(=O)NCC(C)(C)S)n(C)c3)cc1)CC[C@@H]1Cc3ccccc3N1C2=O. The van der Waals surface area contributed by atoms with Crippen LogP contribution in [0.25, 0.3) is 11.1 Å². The van der Waals surface area contributed by atoms with Crippen LogP contribution in [0.15, 0.2) is 72.9 Å². The molecule has 9 nitrogen and oxygen atoms in total. The lowest BCUT2D eigenvalue weighted by Gasteiger charge is -2.23. The first kappa shape index (κ1) is 33.2. The van der Waals surface area contributed by atoms with Crippen LogP contribution < -0.4 is 25.0 Å². The van der Waals surface area contributed by atoms with Gasteiger partial charge in [0.2, 0.25) is 5.91 Å². The molecule has 250 valence electrons. The summed E-state index contributed by atoms with van der Waals surface area (Å²) in [5, 5.41) is 5.87. The van der Waals surface area contributed by atoms with E-state index in [2.05, 4.69) is 29.3 Å². The van der Waals surface area contributed by atoms with Crippen LogP contribution >= 0.6 is 12.6 Å². The van der Waals surface area contributed by atoms with Crippen molar-refractivity contribution in [2.45, 2.75) is 56.7 Å². The number of nitrogens with one attached hydrogen (secondary N) is 2. The van der Waals surface area contributed by atoms with Gasteiger partial charge >= 0.3 is 0 Å². The second kappa shape index (κ2) is 13.8. The zero-order valence-electron chi connectivity index (χ0n) is 27.8. The number of benzene rings is 3. The van der Waals surface area contributed by atoms with Gasteiger partial charge in [0, 0.05) is 59.5 Å². The van der Waals surface area contributed by atoms with Crippen molar-refractivity contribution >= 4 is 41.7 Å². The lowest BCUT2D eigenvalue weighted by molar-refractivity contribution is -0.116. The predicted octanol–water partition coefficient (Wildman–Crippen LogP) is 6.45. The van der Waals surface area contributed by atoms with Gasteiger partial charge in [0.05, 0.1) is 13.7 Å². The van der Waals surface area contributed by atoms with E-state index >= 15 is 0 Å². The summed E-state index contributed by atoms with van der Waals surface area (Å²) < 4.78 is 13.2. The maximum absolute atomic E-state index is 13.7. The van der Waals surface area contributed by atoms with Crippen LogP contribution in [0.1, 0.15) is 65.1 Å². The maximum Gasteiger partial charge on any atom is 0.267 e. The molecule has 0 aliphatic carbocycles. The van der Waals surface area contributed by atoms with E-state index in [0.29, 0.717) is 48.0 Å². The van der Waals surface area contributed by atoms with Gasteiger partial charge in [0.25, 0.3) is 11.8 Å². The number of hydrogen-bond donors (Lipinski definition) is 3. The average molecular weight is 667 g/mol. The minimum Gasteiger partial charge on any atom is -0.493 e. The Morgan fingerprint density at radius 1 is 1.00 bits per heavy atom. The van der Waals surface area contributed by atoms with Crippen LogP contribution in [0, 0.1) is 0 Å². The average Bonchev–Trinajstić information content (AvgIpc) is 3.61. The molecule has 2 aliphatic rings. The summed E-state index contributed by atoms with van der Waals surface area (Å²) in [5.41, 5.74) is 6.91. The Hall–Kier alpha value is -4.70. The molecule has 1 aromatic heterocycles. The van der Waals surface area contributed by atoms with Gasteiger partial charge in [0.1, 0.15) is 5.69 Å². The fourth-order valence-electron chi connectivity index (χ4n) is 6.42. The second-order valence-corrected chi connectivity index (χ2v) is 14.4. The number of rotatable bonds is 11. The number of anilines is 2. The molecule has 0 saturated heterocycles. The van der Waals surface area contributed by atoms with Crippen LogP contribution in [-0.4, -0.2) is 53.3 Å². The number of amides is 3. The summed E-state index contributed by atoms with van der Waals surface area (Å²) in [6.07, 6.45) is 5.21. The number of carbonyl (C=O) groups excluding carboxylic acids is 3. The lowest BCUT2D eigenvalue weighted by atomic mass is 9.99. The second-order valence-electron chi connectivity index (χ2n) is 13.2. The summed E-state index contributed by atoms with van der Waals surface area (Å²) in [7, 11) is 3.41. The zero-order valence-corrected chi connectivity index (χ0v) is 28.7. The summed E-state index contributed by atoms with van der Waals surface area (Å²) in [4.78, 5) is 41.0. The Kier molecular flexibility index (Phi) is 9.55. The summed E-state index contributed by atoms with van der Waals surface area (Å²) in [5.74, 6) is 0.815. The van der Waals surface area contributed by atoms with Crippen molar-refractivity contribution in [2.24, 2.45) is 7.05 Å². The lowest BCUT2D eigenvalue weighted by Crippen LogP contribution is -2.36. The third kappa shape index (κ3) is 7.23. The van der Waals surface area contributed by atoms with Gasteiger partial charge in [-0.2, -0.15) is 12.6 Å². The molecule has 3 aromatic carbocycles. The molecule has 2 N–H and O–H groups in total. The monoisotopic (exact) mass is 666 g/mol. The number of aryl methyl sites for hydroxylation is 2. The largest absolute Gasteiger partial charge is 0.493 e. The molecule has 0 bridgehead atoms. The summed E-state index contributed by atoms with van der Waals surface area (Å²) >= 11 is 4.47. The van der Waals surface area contributed by atoms with Crippen molar-refractivity contribution in [3.05, 3.63) is 95.3 Å². The van der Waals surface area contributed by atoms with Crippen LogP contribution in [0.3, 0.4) is 0 Å². The highest BCUT2D eigenvalue weighted by atomic mass is 32.1. The highest BCUT2D eigenvalue weighted by Gasteiger charge is 2.37. The van der Waals surface area contributed by atoms with E-state index in [0.717, 1.165) is 41.6 Å². The van der Waals surface area contributed by atoms with Crippen molar-refractivity contribution in [1.29, 1.82) is 0 Å². The Morgan fingerprint density at radius 2 is 1.77 bits per heavy atom. The quantitative estimate of drug-likeness (QED) is 0.126. The number of carbonyl (C=O) groups is 3. The van der Waals surface area contributed by atoms with E-state index in [4.69, 9.17) is 9.47 Å². The first-order valence-electron chi connectivity index (χ1n) is 16.3. The Morgan fingerprint density at radius 3 is 2.52 bits per heavy atom. The summed E-state index contributed by atoms with van der Waals surface area (Å²) in [6, 6.07) is 21.4. The van der Waals surface area contributed by atoms with Gasteiger partial charge in [0.15, 0.2) is 11.5 Å². The minimum atomic E-state index is -0.304. The number of para-hydroxylation sites is 1. The van der Waals surface area contributed by atoms with Crippen molar-refractivity contribution in [3.8, 4) is 22.6 Å². The van der Waals surface area contributed by atoms with E-state index in [1.165, 1.54) is 5.56 Å². The molecule has 48 heavy (non-hydrogen) atoms. The first-order chi connectivity index (χ1) is 23.0. The molecular formula is C38H42N4O5S. The molecule has 6 rings (SSSR count). The summed E-state index contributed by atoms with van der Waals surface area (Å²) in [6.45, 7) is 4.67. The molecule has 0 spiro atoms. The van der Waals surface area contributed by atoms with Crippen LogP contribution in [0.4, 0.5) is 11.4 Å². The fourth-order valence-corrected chi connectivity index (χ4v) is 6.50. The van der Waals surface area contributed by atoms with Gasteiger partial charge in [-0.05, 0) is 92.6 Å². The Labute approximate surface area is 287 Å². The number of ether oxygens (including phenoxy) is 2. The molecule has 2 aliphatic heterocycles. The first-order valence-corrected chi connectivity index (χ1v) is 16.8. The molecule has 4 aromatic rings. The zero-order chi connectivity index (χ0) is 34.0. The third-order valence-corrected chi connectivity index (χ3v) is 9.04. The standard InChI is InChI=1S/C38H42N4O5S/c1-38(2,48)23-39-36(44)32-19-27(22-41(32)3)24-11-14-28(15-12-24)40-35(43)10-7-17-47-34-20-25-13-16-29-18-26-8-5-6-9-31(26)42(29)37(45)30(25)21-33(34)46-4/h5-6,8-9,11-12,14-15,19-22,29,48H,7,10,13,16-18,23H2,1-4H3,(H,39,44)(H,40,43)/t29-/m1/s1. The number of nitrogens with zero attached hydrogens (tertiary/aromatic N) is 2. The highest BCUT2D eigenvalue weighted by Crippen LogP contribution is 2.40. The molecule has 0 fully saturated rings. The molecule has 0 unspecified atom stereocenters. The normalized spacial score (nSPS) is 15.2. The Bertz CT molecular complexity index is 1840. The van der Waals surface area contributed by atoms with E-state index in [1.54, 1.807) is 17.7 Å². The van der Waals surface area contributed by atoms with Gasteiger partial charge in [-0.1, -0.05) is 30.3 Å². The molecule has 0 saturated carbocycles. The van der Waals surface area contributed by atoms with Gasteiger partial charge < -0.3 is 29.6 Å². The predicted molar refractivity (Wildman–Crippen MR) is 192 cm³/mol. The number of methoxy groups -OCH3 is 1. The molecular weight excluding hydrogens is 625 g/mol. The third-order valence-electron chi connectivity index (χ3n) is 8.88. The van der Waals surface area contributed by atoms with Gasteiger partial charge in [-0.25, -0.2) is 0 Å². The minimum absolute atomic E-state index is 0.00275. The van der Waals surface area contributed by atoms with Crippen LogP contribution in [-0.2, 0) is 24.7 Å². The van der Waals surface area contributed by atoms with E-state index < -0.39 is 0 Å². The topological polar surface area (TPSA) is 102 Å². The van der Waals surface area contributed by atoms with Crippen LogP contribution in [0.2, 0.25) is 0 Å². The van der Waals surface area contributed by atoms with Crippen molar-refractivity contribution in [3.63, 3.8) is 0 Å². The maximum atomic E-state index is 13.7. The van der Waals surface area contributed by atoms with Crippen LogP contribution in [0.5, 0.6) is 11.5 Å². The van der Waals surface area contributed by atoms with E-state index in [9.17, 15) is 14.4 Å². The van der Waals surface area contributed by atoms with E-state index in [1.807, 2.05) is 86.6 Å². The van der Waals surface area contributed by atoms with Crippen molar-refractivity contribution in [2.75, 3.05) is 30.5 Å². The molecule has 1 atom stereocenters. The Balaban J connectivity index is 1.01. The highest BCUT2D eigenvalue weighted by molar-refractivity contribution is 7.81. The van der Waals surface area contributed by atoms with E-state index in [-0.39, 0.29) is 34.9 Å². The number of thiol groups is 1. The fraction of sp³-hybridized carbons (Fsp3) is 0.342. The number of hydrogen-bond acceptors (Lipinski definition) is 6. The van der Waals surface area contributed by atoms with Crippen molar-refractivity contribution in [1.82, 2.24) is 9.88 Å². The van der Waals surface area contributed by atoms with Crippen molar-refractivity contribution < 1.29 is 23.9 Å². The number of aromatic nitrogens is 1. The molecule has 0 radical (unpaired) electrons. The molecule has 3 amide bonds. The van der Waals surface area contributed by atoms with Gasteiger partial charge in [-0.3, -0.25) is 14.4 Å². The molecule has 3 heterocycles.